The van der Waals surface area contributed by atoms with Crippen LogP contribution in [0.2, 0.25) is 0 Å². The van der Waals surface area contributed by atoms with Gasteiger partial charge in [0.15, 0.2) is 6.10 Å². The second kappa shape index (κ2) is 5.20. The Balaban J connectivity index is 3.22. The molecule has 0 spiro atoms. The number of aliphatic hydroxyl groups is 1. The minimum absolute atomic E-state index is 0.610. The highest BCUT2D eigenvalue weighted by molar-refractivity contribution is 5.73. The molecule has 0 aliphatic heterocycles. The summed E-state index contributed by atoms with van der Waals surface area (Å²) in [4.78, 5) is 14.9. The van der Waals surface area contributed by atoms with Gasteiger partial charge in [0.1, 0.15) is 0 Å². The third-order valence-electron chi connectivity index (χ3n) is 0.866. The van der Waals surface area contributed by atoms with E-state index in [-0.39, 0.29) is 0 Å². The van der Waals surface area contributed by atoms with Crippen LogP contribution in [-0.4, -0.2) is 23.7 Å². The third kappa shape index (κ3) is 4.29. The summed E-state index contributed by atoms with van der Waals surface area (Å²) in [5.74, 6) is -0.645. The van der Waals surface area contributed by atoms with Crippen molar-refractivity contribution < 1.29 is 14.7 Å². The number of hydroxylamine groups is 1. The van der Waals surface area contributed by atoms with E-state index in [1.54, 1.807) is 0 Å². The van der Waals surface area contributed by atoms with Crippen molar-refractivity contribution in [2.45, 2.75) is 26.4 Å². The van der Waals surface area contributed by atoms with Crippen LogP contribution in [0, 0.1) is 0 Å². The first-order valence-electron chi connectivity index (χ1n) is 3.30. The van der Waals surface area contributed by atoms with E-state index in [4.69, 9.17) is 5.11 Å². The summed E-state index contributed by atoms with van der Waals surface area (Å²) >= 11 is 0. The molecule has 2 N–H and O–H groups in total. The van der Waals surface area contributed by atoms with Crippen LogP contribution in [0.3, 0.4) is 0 Å². The Morgan fingerprint density at radius 2 is 2.40 bits per heavy atom. The second-order valence-electron chi connectivity index (χ2n) is 1.99. The van der Waals surface area contributed by atoms with Gasteiger partial charge in [-0.2, -0.15) is 5.48 Å². The number of rotatable bonds is 4. The van der Waals surface area contributed by atoms with E-state index in [2.05, 4.69) is 10.3 Å². The van der Waals surface area contributed by atoms with Crippen LogP contribution in [-0.2, 0) is 9.63 Å². The molecular formula is C6H13NO3. The average molecular weight is 147 g/mol. The molecule has 0 aliphatic carbocycles. The predicted octanol–water partition coefficient (Wildman–Crippen LogP) is -0.175. The number of carbonyl (C=O) groups excluding carboxylic acids is 1. The molecular weight excluding hydrogens is 134 g/mol. The lowest BCUT2D eigenvalue weighted by Crippen LogP contribution is -2.27. The summed E-state index contributed by atoms with van der Waals surface area (Å²) < 4.78 is 0. The number of carbonyl (C=O) groups is 1. The number of hydrogen-bond donors (Lipinski definition) is 2. The third-order valence-corrected chi connectivity index (χ3v) is 0.866. The normalized spacial score (nSPS) is 12.7. The topological polar surface area (TPSA) is 58.6 Å². The maximum Gasteiger partial charge on any atom is 0.353 e. The molecule has 0 aromatic carbocycles. The molecule has 0 rings (SSSR count). The number of aliphatic hydroxyl groups excluding tert-OH is 1. The van der Waals surface area contributed by atoms with Crippen molar-refractivity contribution in [3.63, 3.8) is 0 Å². The van der Waals surface area contributed by atoms with Gasteiger partial charge in [0.2, 0.25) is 0 Å². The fourth-order valence-corrected chi connectivity index (χ4v) is 0.310. The van der Waals surface area contributed by atoms with Gasteiger partial charge in [0.05, 0.1) is 0 Å². The molecule has 1 atom stereocenters. The lowest BCUT2D eigenvalue weighted by Gasteiger charge is -2.04. The molecule has 0 aliphatic rings. The molecule has 0 amide bonds. The van der Waals surface area contributed by atoms with Gasteiger partial charge >= 0.3 is 5.97 Å². The highest BCUT2D eigenvalue weighted by Gasteiger charge is 2.08. The first kappa shape index (κ1) is 9.39. The summed E-state index contributed by atoms with van der Waals surface area (Å²) in [6, 6.07) is 0. The molecule has 60 valence electrons. The average Bonchev–Trinajstić information content (AvgIpc) is 1.88. The molecule has 0 saturated carbocycles. The molecule has 0 aromatic heterocycles. The first-order valence-corrected chi connectivity index (χ1v) is 3.30. The van der Waals surface area contributed by atoms with Crippen LogP contribution < -0.4 is 5.48 Å². The summed E-state index contributed by atoms with van der Waals surface area (Å²) in [5, 5.41) is 8.61. The van der Waals surface area contributed by atoms with E-state index >= 15 is 0 Å². The van der Waals surface area contributed by atoms with Crippen LogP contribution in [0.5, 0.6) is 0 Å². The van der Waals surface area contributed by atoms with Gasteiger partial charge in [-0.1, -0.05) is 6.92 Å². The molecule has 0 aromatic rings. The van der Waals surface area contributed by atoms with E-state index in [1.165, 1.54) is 6.92 Å². The van der Waals surface area contributed by atoms with E-state index < -0.39 is 12.1 Å². The van der Waals surface area contributed by atoms with Crippen LogP contribution >= 0.6 is 0 Å². The van der Waals surface area contributed by atoms with E-state index in [0.29, 0.717) is 6.54 Å². The molecule has 4 nitrogen and oxygen atoms in total. The van der Waals surface area contributed by atoms with Gasteiger partial charge < -0.3 is 9.94 Å². The smallest absolute Gasteiger partial charge is 0.353 e. The summed E-state index contributed by atoms with van der Waals surface area (Å²) in [7, 11) is 0. The molecule has 10 heavy (non-hydrogen) atoms. The quantitative estimate of drug-likeness (QED) is 0.428. The lowest BCUT2D eigenvalue weighted by atomic mass is 10.4. The second-order valence-corrected chi connectivity index (χ2v) is 1.99. The summed E-state index contributed by atoms with van der Waals surface area (Å²) in [6.07, 6.45) is -0.169. The molecule has 4 heteroatoms. The van der Waals surface area contributed by atoms with Gasteiger partial charge in [-0.25, -0.2) is 4.79 Å². The fraction of sp³-hybridized carbons (Fsp3) is 0.833. The van der Waals surface area contributed by atoms with Crippen molar-refractivity contribution in [2.24, 2.45) is 0 Å². The van der Waals surface area contributed by atoms with Crippen molar-refractivity contribution in [3.05, 3.63) is 0 Å². The predicted molar refractivity (Wildman–Crippen MR) is 36.1 cm³/mol. The zero-order valence-corrected chi connectivity index (χ0v) is 6.26. The Hall–Kier alpha value is -0.610. The molecule has 0 heterocycles. The van der Waals surface area contributed by atoms with Crippen molar-refractivity contribution in [3.8, 4) is 0 Å². The minimum atomic E-state index is -1.05. The van der Waals surface area contributed by atoms with Crippen LogP contribution in [0.1, 0.15) is 20.3 Å². The van der Waals surface area contributed by atoms with Gasteiger partial charge in [-0.05, 0) is 13.3 Å². The van der Waals surface area contributed by atoms with E-state index in [1.807, 2.05) is 6.92 Å². The molecule has 0 saturated heterocycles. The Morgan fingerprint density at radius 1 is 1.80 bits per heavy atom. The Labute approximate surface area is 60.1 Å². The van der Waals surface area contributed by atoms with Gasteiger partial charge in [-0.3, -0.25) is 0 Å². The van der Waals surface area contributed by atoms with Crippen LogP contribution in [0.15, 0.2) is 0 Å². The van der Waals surface area contributed by atoms with Gasteiger partial charge in [0, 0.05) is 6.54 Å². The van der Waals surface area contributed by atoms with Crippen molar-refractivity contribution in [1.29, 1.82) is 0 Å². The summed E-state index contributed by atoms with van der Waals surface area (Å²) in [5.41, 5.74) is 2.41. The SMILES string of the molecule is CCCNOC(=O)C(C)O. The minimum Gasteiger partial charge on any atom is -0.382 e. The lowest BCUT2D eigenvalue weighted by molar-refractivity contribution is -0.160. The zero-order valence-electron chi connectivity index (χ0n) is 6.26. The number of nitrogens with one attached hydrogen (secondary N) is 1. The number of hydrogen-bond acceptors (Lipinski definition) is 4. The van der Waals surface area contributed by atoms with Crippen LogP contribution in [0.4, 0.5) is 0 Å². The zero-order chi connectivity index (χ0) is 7.98. The molecule has 1 unspecified atom stereocenters. The maximum absolute atomic E-state index is 10.5. The van der Waals surface area contributed by atoms with Crippen LogP contribution in [0.25, 0.3) is 0 Å². The Morgan fingerprint density at radius 3 is 2.80 bits per heavy atom. The highest BCUT2D eigenvalue weighted by atomic mass is 16.7. The van der Waals surface area contributed by atoms with E-state index in [9.17, 15) is 4.79 Å². The van der Waals surface area contributed by atoms with E-state index in [0.717, 1.165) is 6.42 Å². The largest absolute Gasteiger partial charge is 0.382 e. The monoisotopic (exact) mass is 147 g/mol. The van der Waals surface area contributed by atoms with Gasteiger partial charge in [-0.15, -0.1) is 0 Å². The molecule has 0 fully saturated rings. The fourth-order valence-electron chi connectivity index (χ4n) is 0.310. The van der Waals surface area contributed by atoms with Gasteiger partial charge in [0.25, 0.3) is 0 Å². The Kier molecular flexibility index (Phi) is 4.88. The molecule has 0 radical (unpaired) electrons. The summed E-state index contributed by atoms with van der Waals surface area (Å²) in [6.45, 7) is 3.91. The standard InChI is InChI=1S/C6H13NO3/c1-3-4-7-10-6(9)5(2)8/h5,7-8H,3-4H2,1-2H3. The van der Waals surface area contributed by atoms with Crippen molar-refractivity contribution in [1.82, 2.24) is 5.48 Å². The molecule has 0 bridgehead atoms. The van der Waals surface area contributed by atoms with Crippen molar-refractivity contribution >= 4 is 5.97 Å². The Bertz CT molecular complexity index is 103. The van der Waals surface area contributed by atoms with Crippen molar-refractivity contribution in [2.75, 3.05) is 6.54 Å². The maximum atomic E-state index is 10.5. The highest BCUT2D eigenvalue weighted by Crippen LogP contribution is 1.82. The first-order chi connectivity index (χ1) is 4.68.